The molecule has 0 radical (unpaired) electrons. The molecule has 0 heterocycles. The van der Waals surface area contributed by atoms with Crippen molar-refractivity contribution in [1.82, 2.24) is 0 Å². The van der Waals surface area contributed by atoms with Crippen molar-refractivity contribution in [2.45, 2.75) is 39.2 Å². The first-order chi connectivity index (χ1) is 8.44. The van der Waals surface area contributed by atoms with E-state index in [2.05, 4.69) is 6.92 Å². The van der Waals surface area contributed by atoms with Gasteiger partial charge >= 0.3 is 0 Å². The van der Waals surface area contributed by atoms with Crippen LogP contribution in [-0.4, -0.2) is 22.8 Å². The van der Waals surface area contributed by atoms with Crippen LogP contribution in [0, 0.1) is 17.3 Å². The highest BCUT2D eigenvalue weighted by Gasteiger charge is 2.54. The van der Waals surface area contributed by atoms with Crippen LogP contribution in [0.1, 0.15) is 33.1 Å². The van der Waals surface area contributed by atoms with Gasteiger partial charge in [0.25, 0.3) is 0 Å². The Labute approximate surface area is 107 Å². The first kappa shape index (κ1) is 11.8. The van der Waals surface area contributed by atoms with Gasteiger partial charge in [-0.3, -0.25) is 9.59 Å². The van der Waals surface area contributed by atoms with Crippen molar-refractivity contribution in [3.63, 3.8) is 0 Å². The van der Waals surface area contributed by atoms with E-state index < -0.39 is 6.10 Å². The van der Waals surface area contributed by atoms with E-state index in [1.807, 2.05) is 13.0 Å². The molecule has 3 aliphatic carbocycles. The number of hydrogen-bond acceptors (Lipinski definition) is 3. The highest BCUT2D eigenvalue weighted by molar-refractivity contribution is 6.09. The van der Waals surface area contributed by atoms with Crippen LogP contribution in [0.15, 0.2) is 23.3 Å². The van der Waals surface area contributed by atoms with Gasteiger partial charge in [-0.25, -0.2) is 0 Å². The molecule has 1 fully saturated rings. The molecular formula is C15H18O3. The Balaban J connectivity index is 2.13. The van der Waals surface area contributed by atoms with Crippen molar-refractivity contribution >= 4 is 11.6 Å². The minimum atomic E-state index is -0.489. The van der Waals surface area contributed by atoms with Crippen LogP contribution in [0.25, 0.3) is 0 Å². The third-order valence-corrected chi connectivity index (χ3v) is 5.22. The van der Waals surface area contributed by atoms with E-state index in [0.717, 1.165) is 11.1 Å². The molecular weight excluding hydrogens is 228 g/mol. The molecule has 1 N–H and O–H groups in total. The summed E-state index contributed by atoms with van der Waals surface area (Å²) >= 11 is 0. The summed E-state index contributed by atoms with van der Waals surface area (Å²) in [5, 5.41) is 10.2. The van der Waals surface area contributed by atoms with Crippen LogP contribution in [0.5, 0.6) is 0 Å². The van der Waals surface area contributed by atoms with Crippen LogP contribution in [-0.2, 0) is 9.59 Å². The fourth-order valence-electron chi connectivity index (χ4n) is 4.03. The normalized spacial score (nSPS) is 43.2. The van der Waals surface area contributed by atoms with E-state index in [1.54, 1.807) is 6.08 Å². The number of carbonyl (C=O) groups excluding carboxylic acids is 2. The van der Waals surface area contributed by atoms with Crippen molar-refractivity contribution in [3.05, 3.63) is 23.3 Å². The third-order valence-electron chi connectivity index (χ3n) is 5.22. The van der Waals surface area contributed by atoms with Crippen LogP contribution < -0.4 is 0 Å². The van der Waals surface area contributed by atoms with Gasteiger partial charge in [0.05, 0.1) is 6.10 Å². The molecule has 18 heavy (non-hydrogen) atoms. The number of hydrogen-bond donors (Lipinski definition) is 1. The largest absolute Gasteiger partial charge is 0.392 e. The van der Waals surface area contributed by atoms with Gasteiger partial charge in [-0.2, -0.15) is 0 Å². The first-order valence-electron chi connectivity index (χ1n) is 6.58. The smallest absolute Gasteiger partial charge is 0.182 e. The van der Waals surface area contributed by atoms with Gasteiger partial charge in [-0.1, -0.05) is 18.6 Å². The minimum Gasteiger partial charge on any atom is -0.392 e. The van der Waals surface area contributed by atoms with Crippen molar-refractivity contribution in [3.8, 4) is 0 Å². The zero-order valence-electron chi connectivity index (χ0n) is 10.8. The molecule has 0 aromatic carbocycles. The Morgan fingerprint density at radius 1 is 1.33 bits per heavy atom. The Morgan fingerprint density at radius 3 is 2.78 bits per heavy atom. The average Bonchev–Trinajstić information content (AvgIpc) is 2.75. The van der Waals surface area contributed by atoms with Crippen LogP contribution >= 0.6 is 0 Å². The lowest BCUT2D eigenvalue weighted by Gasteiger charge is -2.37. The van der Waals surface area contributed by atoms with E-state index in [0.29, 0.717) is 19.3 Å². The van der Waals surface area contributed by atoms with Gasteiger partial charge in [0.2, 0.25) is 0 Å². The number of allylic oxidation sites excluding steroid dienone is 3. The molecule has 0 amide bonds. The van der Waals surface area contributed by atoms with Crippen molar-refractivity contribution in [2.24, 2.45) is 17.3 Å². The molecule has 96 valence electrons. The van der Waals surface area contributed by atoms with E-state index in [1.165, 1.54) is 0 Å². The summed E-state index contributed by atoms with van der Waals surface area (Å²) in [4.78, 5) is 23.8. The molecule has 0 aromatic heterocycles. The quantitative estimate of drug-likeness (QED) is 0.709. The van der Waals surface area contributed by atoms with Gasteiger partial charge in [0, 0.05) is 23.8 Å². The van der Waals surface area contributed by atoms with Crippen LogP contribution in [0.3, 0.4) is 0 Å². The highest BCUT2D eigenvalue weighted by Crippen LogP contribution is 2.56. The summed E-state index contributed by atoms with van der Waals surface area (Å²) in [5.41, 5.74) is 1.49. The van der Waals surface area contributed by atoms with Gasteiger partial charge in [0.1, 0.15) is 5.78 Å². The Hall–Kier alpha value is -1.22. The van der Waals surface area contributed by atoms with Crippen molar-refractivity contribution in [2.75, 3.05) is 0 Å². The number of Topliss-reactive ketones (excluding diaryl/α,β-unsaturated/α-hetero) is 1. The molecule has 1 saturated carbocycles. The molecule has 0 aromatic rings. The molecule has 0 bridgehead atoms. The number of fused-ring (bicyclic) bond motifs is 3. The molecule has 0 spiro atoms. The second kappa shape index (κ2) is 3.64. The second-order valence-corrected chi connectivity index (χ2v) is 6.03. The molecule has 0 unspecified atom stereocenters. The Morgan fingerprint density at radius 2 is 2.06 bits per heavy atom. The summed E-state index contributed by atoms with van der Waals surface area (Å²) in [6, 6.07) is 0. The van der Waals surface area contributed by atoms with Crippen LogP contribution in [0.4, 0.5) is 0 Å². The summed E-state index contributed by atoms with van der Waals surface area (Å²) in [5.74, 6) is 0.364. The molecule has 3 nitrogen and oxygen atoms in total. The molecule has 0 saturated heterocycles. The minimum absolute atomic E-state index is 0.00509. The first-order valence-corrected chi connectivity index (χ1v) is 6.58. The van der Waals surface area contributed by atoms with Crippen LogP contribution in [0.2, 0.25) is 0 Å². The number of carbonyl (C=O) groups is 2. The highest BCUT2D eigenvalue weighted by atomic mass is 16.3. The second-order valence-electron chi connectivity index (χ2n) is 6.03. The average molecular weight is 246 g/mol. The third kappa shape index (κ3) is 1.34. The summed E-state index contributed by atoms with van der Waals surface area (Å²) in [6.45, 7) is 4.03. The number of aliphatic hydroxyl groups is 1. The van der Waals surface area contributed by atoms with Gasteiger partial charge in [-0.05, 0) is 31.3 Å². The number of ketones is 2. The lowest BCUT2D eigenvalue weighted by Crippen LogP contribution is -2.34. The summed E-state index contributed by atoms with van der Waals surface area (Å²) < 4.78 is 0. The molecule has 3 rings (SSSR count). The maximum absolute atomic E-state index is 12.0. The van der Waals surface area contributed by atoms with E-state index in [9.17, 15) is 14.7 Å². The predicted octanol–water partition coefficient (Wildman–Crippen LogP) is 1.81. The SMILES string of the molecule is CC1=CC(=O)C2=CC[C@H](O)[C@H]3CC(=O)C[C@@H]3[C@@]12C. The van der Waals surface area contributed by atoms with Crippen molar-refractivity contribution in [1.29, 1.82) is 0 Å². The van der Waals surface area contributed by atoms with Gasteiger partial charge in [0.15, 0.2) is 5.78 Å². The maximum Gasteiger partial charge on any atom is 0.182 e. The van der Waals surface area contributed by atoms with Gasteiger partial charge < -0.3 is 5.11 Å². The van der Waals surface area contributed by atoms with E-state index in [4.69, 9.17) is 0 Å². The number of rotatable bonds is 0. The summed E-state index contributed by atoms with van der Waals surface area (Å²) in [6.07, 6.45) is 4.55. The molecule has 4 atom stereocenters. The fraction of sp³-hybridized carbons (Fsp3) is 0.600. The number of aliphatic hydroxyl groups excluding tert-OH is 1. The Bertz CT molecular complexity index is 500. The maximum atomic E-state index is 12.0. The standard InChI is InChI=1S/C15H18O3/c1-8-5-14(18)11-3-4-13(17)10-6-9(16)7-12(10)15(8,11)2/h3,5,10,12-13,17H,4,6-7H2,1-2H3/t10-,12-,13-,15-/m0/s1. The topological polar surface area (TPSA) is 54.4 Å². The van der Waals surface area contributed by atoms with E-state index >= 15 is 0 Å². The molecule has 3 heteroatoms. The summed E-state index contributed by atoms with van der Waals surface area (Å²) in [7, 11) is 0. The van der Waals surface area contributed by atoms with Crippen molar-refractivity contribution < 1.29 is 14.7 Å². The zero-order chi connectivity index (χ0) is 13.1. The Kier molecular flexibility index (Phi) is 2.39. The lowest BCUT2D eigenvalue weighted by molar-refractivity contribution is -0.118. The van der Waals surface area contributed by atoms with Gasteiger partial charge in [-0.15, -0.1) is 0 Å². The molecule has 3 aliphatic rings. The predicted molar refractivity (Wildman–Crippen MR) is 66.8 cm³/mol. The zero-order valence-corrected chi connectivity index (χ0v) is 10.8. The lowest BCUT2D eigenvalue weighted by atomic mass is 9.66. The van der Waals surface area contributed by atoms with E-state index in [-0.39, 0.29) is 28.8 Å². The molecule has 0 aliphatic heterocycles. The fourth-order valence-corrected chi connectivity index (χ4v) is 4.03. The monoisotopic (exact) mass is 246 g/mol.